The second-order valence-corrected chi connectivity index (χ2v) is 3.57. The van der Waals surface area contributed by atoms with Gasteiger partial charge in [-0.3, -0.25) is 0 Å². The third kappa shape index (κ3) is 4.30. The normalized spacial score (nSPS) is 11.1. The molecule has 0 saturated carbocycles. The fourth-order valence-corrected chi connectivity index (χ4v) is 1.64. The summed E-state index contributed by atoms with van der Waals surface area (Å²) in [4.78, 5) is 0. The fourth-order valence-electron chi connectivity index (χ4n) is 1.64. The molecule has 0 amide bonds. The van der Waals surface area contributed by atoms with E-state index >= 15 is 0 Å². The van der Waals surface area contributed by atoms with Gasteiger partial charge in [-0.15, -0.1) is 26.3 Å². The van der Waals surface area contributed by atoms with Crippen LogP contribution >= 0.6 is 0 Å². The predicted octanol–water partition coefficient (Wildman–Crippen LogP) is 4.03. The van der Waals surface area contributed by atoms with Gasteiger partial charge in [-0.1, -0.05) is 24.3 Å². The summed E-state index contributed by atoms with van der Waals surface area (Å²) >= 11 is 0. The van der Waals surface area contributed by atoms with Crippen molar-refractivity contribution in [2.75, 3.05) is 0 Å². The van der Waals surface area contributed by atoms with Crippen LogP contribution in [0.25, 0.3) is 0 Å². The van der Waals surface area contributed by atoms with E-state index in [-0.39, 0.29) is 0 Å². The van der Waals surface area contributed by atoms with Crippen LogP contribution in [0.5, 0.6) is 0 Å². The maximum Gasteiger partial charge on any atom is 0.117 e. The van der Waals surface area contributed by atoms with Crippen molar-refractivity contribution < 1.29 is 5.11 Å². The van der Waals surface area contributed by atoms with E-state index in [1.165, 1.54) is 0 Å². The van der Waals surface area contributed by atoms with Crippen molar-refractivity contribution in [3.63, 3.8) is 0 Å². The van der Waals surface area contributed by atoms with Gasteiger partial charge in [0.15, 0.2) is 0 Å². The molecular formula is C14H20O. The van der Waals surface area contributed by atoms with Gasteiger partial charge in [-0.25, -0.2) is 5.11 Å². The highest BCUT2D eigenvalue weighted by Crippen LogP contribution is 2.34. The van der Waals surface area contributed by atoms with Gasteiger partial charge in [-0.2, -0.15) is 0 Å². The molecule has 0 aromatic carbocycles. The summed E-state index contributed by atoms with van der Waals surface area (Å²) in [7, 11) is 0. The zero-order valence-corrected chi connectivity index (χ0v) is 9.37. The van der Waals surface area contributed by atoms with Gasteiger partial charge in [0.1, 0.15) is 5.60 Å². The Morgan fingerprint density at radius 3 is 1.53 bits per heavy atom. The molecule has 0 fully saturated rings. The molecule has 0 aliphatic heterocycles. The van der Waals surface area contributed by atoms with Gasteiger partial charge in [0.2, 0.25) is 0 Å². The van der Waals surface area contributed by atoms with E-state index in [0.29, 0.717) is 25.7 Å². The minimum atomic E-state index is -1.09. The Morgan fingerprint density at radius 1 is 0.867 bits per heavy atom. The van der Waals surface area contributed by atoms with Crippen molar-refractivity contribution in [3.05, 3.63) is 56.5 Å². The molecule has 0 rings (SSSR count). The third-order valence-corrected chi connectivity index (χ3v) is 2.37. The van der Waals surface area contributed by atoms with Crippen LogP contribution in [-0.2, 0) is 5.11 Å². The van der Waals surface area contributed by atoms with E-state index in [0.717, 1.165) is 5.92 Å². The largest absolute Gasteiger partial charge is 0.228 e. The van der Waals surface area contributed by atoms with E-state index in [1.807, 2.05) is 0 Å². The summed E-state index contributed by atoms with van der Waals surface area (Å²) in [6.07, 6.45) is 8.99. The van der Waals surface area contributed by atoms with Gasteiger partial charge >= 0.3 is 0 Å². The highest BCUT2D eigenvalue weighted by Gasteiger charge is 2.35. The van der Waals surface area contributed by atoms with Crippen LogP contribution < -0.4 is 0 Å². The Labute approximate surface area is 93.5 Å². The second kappa shape index (κ2) is 7.24. The summed E-state index contributed by atoms with van der Waals surface area (Å²) in [5.74, 6) is 0.910. The second-order valence-electron chi connectivity index (χ2n) is 3.57. The van der Waals surface area contributed by atoms with Crippen LogP contribution in [0.2, 0.25) is 0 Å². The van der Waals surface area contributed by atoms with Gasteiger partial charge in [0.05, 0.1) is 0 Å². The fraction of sp³-hybridized carbons (Fsp3) is 0.357. The zero-order valence-electron chi connectivity index (χ0n) is 9.37. The first-order valence-electron chi connectivity index (χ1n) is 5.13. The van der Waals surface area contributed by atoms with Gasteiger partial charge in [-0.05, 0) is 25.7 Å². The Hall–Kier alpha value is -1.08. The standard InChI is InChI=1S/C14H20O/c1-5-9-13(10-6-2)14(15,11-7-3)12-8-4/h5-8H,1-4,9-12H2. The van der Waals surface area contributed by atoms with Crippen molar-refractivity contribution >= 4 is 0 Å². The molecule has 0 aliphatic carbocycles. The summed E-state index contributed by atoms with van der Waals surface area (Å²) in [6.45, 7) is 14.6. The van der Waals surface area contributed by atoms with Crippen LogP contribution in [0.4, 0.5) is 0 Å². The zero-order chi connectivity index (χ0) is 11.7. The van der Waals surface area contributed by atoms with E-state index in [1.54, 1.807) is 24.3 Å². The molecule has 1 nitrogen and oxygen atoms in total. The van der Waals surface area contributed by atoms with Gasteiger partial charge in [0.25, 0.3) is 0 Å². The van der Waals surface area contributed by atoms with Crippen molar-refractivity contribution in [2.45, 2.75) is 31.3 Å². The molecule has 2 radical (unpaired) electrons. The van der Waals surface area contributed by atoms with Crippen LogP contribution in [0.1, 0.15) is 25.7 Å². The molecule has 0 saturated heterocycles. The molecule has 0 aromatic heterocycles. The maximum atomic E-state index is 12.5. The molecule has 1 heteroatoms. The Morgan fingerprint density at radius 2 is 1.27 bits per heavy atom. The first-order valence-corrected chi connectivity index (χ1v) is 5.13. The molecule has 0 aliphatic rings. The summed E-state index contributed by atoms with van der Waals surface area (Å²) in [6, 6.07) is 0. The van der Waals surface area contributed by atoms with Crippen LogP contribution in [0, 0.1) is 5.92 Å². The number of rotatable bonds is 9. The van der Waals surface area contributed by atoms with Crippen molar-refractivity contribution in [2.24, 2.45) is 0 Å². The molecule has 0 unspecified atom stereocenters. The molecule has 0 aromatic rings. The highest BCUT2D eigenvalue weighted by atomic mass is 16.3. The Balaban J connectivity index is 4.76. The first kappa shape index (κ1) is 13.9. The number of hydrogen-bond acceptors (Lipinski definition) is 0. The van der Waals surface area contributed by atoms with Crippen molar-refractivity contribution in [1.82, 2.24) is 0 Å². The van der Waals surface area contributed by atoms with Crippen LogP contribution in [-0.4, -0.2) is 5.60 Å². The molecule has 0 N–H and O–H groups in total. The topological polar surface area (TPSA) is 19.9 Å². The minimum Gasteiger partial charge on any atom is -0.228 e. The summed E-state index contributed by atoms with van der Waals surface area (Å²) in [5.41, 5.74) is -1.09. The molecule has 0 heterocycles. The SMILES string of the molecule is C=CC[C](CC=C)C([O])(CC=C)CC=C. The molecule has 15 heavy (non-hydrogen) atoms. The smallest absolute Gasteiger partial charge is 0.117 e. The van der Waals surface area contributed by atoms with Crippen molar-refractivity contribution in [3.8, 4) is 0 Å². The maximum absolute atomic E-state index is 12.5. The van der Waals surface area contributed by atoms with Gasteiger partial charge < -0.3 is 0 Å². The predicted molar refractivity (Wildman–Crippen MR) is 65.9 cm³/mol. The monoisotopic (exact) mass is 204 g/mol. The van der Waals surface area contributed by atoms with Gasteiger partial charge in [0, 0.05) is 5.92 Å². The lowest BCUT2D eigenvalue weighted by Crippen LogP contribution is -2.33. The quantitative estimate of drug-likeness (QED) is 0.505. The third-order valence-electron chi connectivity index (χ3n) is 2.37. The Kier molecular flexibility index (Phi) is 6.72. The van der Waals surface area contributed by atoms with Crippen molar-refractivity contribution in [1.29, 1.82) is 0 Å². The van der Waals surface area contributed by atoms with E-state index in [2.05, 4.69) is 26.3 Å². The molecule has 82 valence electrons. The average molecular weight is 204 g/mol. The summed E-state index contributed by atoms with van der Waals surface area (Å²) in [5, 5.41) is 12.5. The van der Waals surface area contributed by atoms with E-state index in [9.17, 15) is 5.11 Å². The molecule has 0 bridgehead atoms. The lowest BCUT2D eigenvalue weighted by atomic mass is 9.78. The lowest BCUT2D eigenvalue weighted by molar-refractivity contribution is -0.0149. The molecule has 0 atom stereocenters. The molecular weight excluding hydrogens is 184 g/mol. The number of allylic oxidation sites excluding steroid dienone is 2. The van der Waals surface area contributed by atoms with E-state index in [4.69, 9.17) is 0 Å². The first-order chi connectivity index (χ1) is 7.14. The van der Waals surface area contributed by atoms with E-state index < -0.39 is 5.60 Å². The van der Waals surface area contributed by atoms with Crippen LogP contribution in [0.3, 0.4) is 0 Å². The minimum absolute atomic E-state index is 0.427. The average Bonchev–Trinajstić information content (AvgIpc) is 2.18. The lowest BCUT2D eigenvalue weighted by Gasteiger charge is -2.31. The summed E-state index contributed by atoms with van der Waals surface area (Å²) < 4.78 is 0. The van der Waals surface area contributed by atoms with Crippen LogP contribution in [0.15, 0.2) is 50.6 Å². The molecule has 0 spiro atoms. The highest BCUT2D eigenvalue weighted by molar-refractivity contribution is 5.17. The Bertz CT molecular complexity index is 207. The number of hydrogen-bond donors (Lipinski definition) is 0.